The quantitative estimate of drug-likeness (QED) is 0.211. The minimum Gasteiger partial charge on any atom is -0.474 e. The van der Waals surface area contributed by atoms with Crippen LogP contribution in [0.4, 0.5) is 0 Å². The van der Waals surface area contributed by atoms with Gasteiger partial charge in [-0.1, -0.05) is 0 Å². The number of aliphatic carboxylic acids is 1. The van der Waals surface area contributed by atoms with E-state index in [9.17, 15) is 14.9 Å². The summed E-state index contributed by atoms with van der Waals surface area (Å²) in [6.45, 7) is -1.22. The van der Waals surface area contributed by atoms with Gasteiger partial charge >= 0.3 is 11.7 Å². The van der Waals surface area contributed by atoms with E-state index in [1.807, 2.05) is 0 Å². The Bertz CT molecular complexity index is 188. The number of aliphatic hydroxyl groups is 3. The van der Waals surface area contributed by atoms with Crippen molar-refractivity contribution >= 4 is 5.97 Å². The molecule has 2 atom stereocenters. The maximum absolute atomic E-state index is 10.1. The number of hydrogen-bond acceptors (Lipinski definition) is 6. The van der Waals surface area contributed by atoms with E-state index in [4.69, 9.17) is 20.4 Å². The average Bonchev–Trinajstić information content (AvgIpc) is 2.00. The lowest BCUT2D eigenvalue weighted by Gasteiger charge is -2.17. The molecule has 0 heterocycles. The first kappa shape index (κ1) is 10.8. The number of carboxylic acid groups (broad SMARTS) is 1. The summed E-state index contributed by atoms with van der Waals surface area (Å²) in [4.78, 5) is 18.5. The van der Waals surface area contributed by atoms with Gasteiger partial charge in [0.15, 0.2) is 6.10 Å². The standard InChI is InChI=1S/C4H7NO7/c6-1-2(7)4(10,3(8)9)5(11)12/h2,6-7,10H,1H2,(H,8,9). The van der Waals surface area contributed by atoms with Crippen molar-refractivity contribution in [3.63, 3.8) is 0 Å². The number of aliphatic hydroxyl groups excluding tert-OH is 2. The Morgan fingerprint density at radius 1 is 1.67 bits per heavy atom. The molecular weight excluding hydrogens is 174 g/mol. The summed E-state index contributed by atoms with van der Waals surface area (Å²) in [6, 6.07) is 0. The van der Waals surface area contributed by atoms with E-state index in [1.54, 1.807) is 0 Å². The van der Waals surface area contributed by atoms with Crippen molar-refractivity contribution in [3.05, 3.63) is 10.1 Å². The van der Waals surface area contributed by atoms with E-state index in [2.05, 4.69) is 0 Å². The van der Waals surface area contributed by atoms with Crippen molar-refractivity contribution in [2.45, 2.75) is 11.8 Å². The van der Waals surface area contributed by atoms with Gasteiger partial charge in [0.05, 0.1) is 11.5 Å². The van der Waals surface area contributed by atoms with Gasteiger partial charge < -0.3 is 20.4 Å². The van der Waals surface area contributed by atoms with Crippen LogP contribution in [0.15, 0.2) is 0 Å². The number of nitro groups is 1. The van der Waals surface area contributed by atoms with E-state index in [0.29, 0.717) is 0 Å². The lowest BCUT2D eigenvalue weighted by atomic mass is 10.1. The molecule has 0 aliphatic carbocycles. The number of nitrogens with zero attached hydrogens (tertiary/aromatic N) is 1. The SMILES string of the molecule is O=C(O)C(O)(C(O)CO)[N+](=O)[O-]. The molecule has 8 nitrogen and oxygen atoms in total. The molecule has 0 spiro atoms. The summed E-state index contributed by atoms with van der Waals surface area (Å²) in [5, 5.41) is 43.6. The predicted molar refractivity (Wildman–Crippen MR) is 32.7 cm³/mol. The van der Waals surface area contributed by atoms with Gasteiger partial charge in [-0.3, -0.25) is 10.1 Å². The molecule has 0 saturated heterocycles. The monoisotopic (exact) mass is 181 g/mol. The fourth-order valence-electron chi connectivity index (χ4n) is 0.470. The van der Waals surface area contributed by atoms with Crippen molar-refractivity contribution in [1.82, 2.24) is 0 Å². The molecule has 0 radical (unpaired) electrons. The first-order valence-electron chi connectivity index (χ1n) is 2.76. The van der Waals surface area contributed by atoms with Crippen molar-refractivity contribution in [3.8, 4) is 0 Å². The topological polar surface area (TPSA) is 141 Å². The maximum atomic E-state index is 10.1. The Hall–Kier alpha value is -1.25. The summed E-state index contributed by atoms with van der Waals surface area (Å²) in [6.07, 6.45) is -2.36. The van der Waals surface area contributed by atoms with Crippen LogP contribution in [0.2, 0.25) is 0 Å². The van der Waals surface area contributed by atoms with Gasteiger partial charge in [-0.15, -0.1) is 0 Å². The highest BCUT2D eigenvalue weighted by Gasteiger charge is 2.56. The van der Waals surface area contributed by atoms with Crippen LogP contribution in [0.25, 0.3) is 0 Å². The Balaban J connectivity index is 4.87. The molecule has 12 heavy (non-hydrogen) atoms. The highest BCUT2D eigenvalue weighted by atomic mass is 16.7. The van der Waals surface area contributed by atoms with E-state index in [-0.39, 0.29) is 0 Å². The Kier molecular flexibility index (Phi) is 3.07. The van der Waals surface area contributed by atoms with Crippen LogP contribution in [0, 0.1) is 10.1 Å². The third kappa shape index (κ3) is 1.49. The Morgan fingerprint density at radius 3 is 2.17 bits per heavy atom. The number of rotatable bonds is 4. The molecule has 0 aliphatic heterocycles. The molecule has 0 aliphatic rings. The zero-order chi connectivity index (χ0) is 9.94. The van der Waals surface area contributed by atoms with Gasteiger partial charge in [0.1, 0.15) is 0 Å². The molecule has 0 rings (SSSR count). The van der Waals surface area contributed by atoms with Gasteiger partial charge in [0, 0.05) is 0 Å². The zero-order valence-corrected chi connectivity index (χ0v) is 5.75. The summed E-state index contributed by atoms with van der Waals surface area (Å²) in [5.41, 5.74) is -3.55. The van der Waals surface area contributed by atoms with Crippen LogP contribution in [0.5, 0.6) is 0 Å². The second kappa shape index (κ2) is 3.43. The lowest BCUT2D eigenvalue weighted by molar-refractivity contribution is -0.620. The molecule has 2 unspecified atom stereocenters. The van der Waals surface area contributed by atoms with E-state index in [0.717, 1.165) is 0 Å². The molecule has 0 aromatic rings. The second-order valence-electron chi connectivity index (χ2n) is 1.99. The van der Waals surface area contributed by atoms with Gasteiger partial charge in [0.2, 0.25) is 0 Å². The molecule has 0 aromatic carbocycles. The molecular formula is C4H7NO7. The third-order valence-electron chi connectivity index (χ3n) is 1.23. The summed E-state index contributed by atoms with van der Waals surface area (Å²) in [5.74, 6) is -2.23. The van der Waals surface area contributed by atoms with Gasteiger partial charge in [-0.05, 0) is 0 Å². The van der Waals surface area contributed by atoms with Crippen molar-refractivity contribution in [2.24, 2.45) is 0 Å². The maximum Gasteiger partial charge on any atom is 0.447 e. The average molecular weight is 181 g/mol. The van der Waals surface area contributed by atoms with Crippen molar-refractivity contribution < 1.29 is 30.1 Å². The second-order valence-corrected chi connectivity index (χ2v) is 1.99. The van der Waals surface area contributed by atoms with Crippen molar-refractivity contribution in [2.75, 3.05) is 6.61 Å². The Morgan fingerprint density at radius 2 is 2.08 bits per heavy atom. The molecule has 0 saturated carbocycles. The van der Waals surface area contributed by atoms with Crippen LogP contribution < -0.4 is 0 Å². The number of carbonyl (C=O) groups is 1. The van der Waals surface area contributed by atoms with Crippen LogP contribution in [0.1, 0.15) is 0 Å². The van der Waals surface area contributed by atoms with Crippen molar-refractivity contribution in [1.29, 1.82) is 0 Å². The van der Waals surface area contributed by atoms with Gasteiger partial charge in [-0.25, -0.2) is 4.79 Å². The lowest BCUT2D eigenvalue weighted by Crippen LogP contribution is -2.57. The molecule has 0 amide bonds. The molecule has 4 N–H and O–H groups in total. The molecule has 0 fully saturated rings. The minimum atomic E-state index is -3.55. The summed E-state index contributed by atoms with van der Waals surface area (Å²) < 4.78 is 0. The minimum absolute atomic E-state index is 1.22. The smallest absolute Gasteiger partial charge is 0.447 e. The highest BCUT2D eigenvalue weighted by molar-refractivity contribution is 5.75. The summed E-state index contributed by atoms with van der Waals surface area (Å²) >= 11 is 0. The first-order chi connectivity index (χ1) is 5.37. The molecule has 0 aromatic heterocycles. The Labute approximate surface area is 65.8 Å². The highest BCUT2D eigenvalue weighted by Crippen LogP contribution is 2.11. The first-order valence-corrected chi connectivity index (χ1v) is 2.76. The number of hydrogen-bond donors (Lipinski definition) is 4. The van der Waals surface area contributed by atoms with Crippen LogP contribution in [0.3, 0.4) is 0 Å². The molecule has 0 bridgehead atoms. The van der Waals surface area contributed by atoms with Gasteiger partial charge in [-0.2, -0.15) is 0 Å². The normalized spacial score (nSPS) is 17.9. The fourth-order valence-corrected chi connectivity index (χ4v) is 0.470. The van der Waals surface area contributed by atoms with Crippen LogP contribution in [-0.4, -0.2) is 49.8 Å². The molecule has 70 valence electrons. The van der Waals surface area contributed by atoms with Gasteiger partial charge in [0.25, 0.3) is 0 Å². The molecule has 8 heteroatoms. The van der Waals surface area contributed by atoms with Crippen LogP contribution >= 0.6 is 0 Å². The van der Waals surface area contributed by atoms with E-state index < -0.39 is 29.3 Å². The van der Waals surface area contributed by atoms with Crippen LogP contribution in [-0.2, 0) is 4.79 Å². The zero-order valence-electron chi connectivity index (χ0n) is 5.75. The third-order valence-corrected chi connectivity index (χ3v) is 1.23. The summed E-state index contributed by atoms with van der Waals surface area (Å²) in [7, 11) is 0. The largest absolute Gasteiger partial charge is 0.474 e. The van der Waals surface area contributed by atoms with E-state index in [1.165, 1.54) is 0 Å². The fraction of sp³-hybridized carbons (Fsp3) is 0.750. The predicted octanol–water partition coefficient (Wildman–Crippen LogP) is -2.61. The van der Waals surface area contributed by atoms with E-state index >= 15 is 0 Å². The number of carboxylic acids is 1.